The normalized spacial score (nSPS) is 28.6. The van der Waals surface area contributed by atoms with Gasteiger partial charge in [-0.1, -0.05) is 28.1 Å². The van der Waals surface area contributed by atoms with Gasteiger partial charge in [0.25, 0.3) is 0 Å². The highest BCUT2D eigenvalue weighted by atomic mass is 79.9. The number of alkyl halides is 2. The molecule has 2 fully saturated rings. The highest BCUT2D eigenvalue weighted by Crippen LogP contribution is 2.50. The first-order valence-electron chi connectivity index (χ1n) is 8.09. The van der Waals surface area contributed by atoms with Gasteiger partial charge in [0.15, 0.2) is 5.60 Å². The molecule has 0 amide bonds. The molecule has 1 aromatic rings. The first-order valence-corrected chi connectivity index (χ1v) is 8.88. The molecular formula is C17H20BrF2NO3. The van der Waals surface area contributed by atoms with Crippen LogP contribution in [0.4, 0.5) is 8.78 Å². The van der Waals surface area contributed by atoms with Gasteiger partial charge in [0.1, 0.15) is 0 Å². The maximum Gasteiger partial charge on any atom is 0.340 e. The monoisotopic (exact) mass is 403 g/mol. The summed E-state index contributed by atoms with van der Waals surface area (Å²) in [4.78, 5) is 12.3. The molecule has 0 bridgehead atoms. The van der Waals surface area contributed by atoms with Crippen molar-refractivity contribution in [3.63, 3.8) is 0 Å². The minimum Gasteiger partial charge on any atom is -0.479 e. The molecule has 7 heteroatoms. The largest absolute Gasteiger partial charge is 0.479 e. The van der Waals surface area contributed by atoms with Crippen molar-refractivity contribution in [3.05, 3.63) is 34.3 Å². The first kappa shape index (κ1) is 17.8. The van der Waals surface area contributed by atoms with E-state index < -0.39 is 29.8 Å². The Hall–Kier alpha value is -1.05. The quantitative estimate of drug-likeness (QED) is 0.789. The molecule has 1 aliphatic carbocycles. The number of benzene rings is 1. The van der Waals surface area contributed by atoms with Crippen molar-refractivity contribution in [2.75, 3.05) is 13.1 Å². The number of carboxylic acid groups (broad SMARTS) is 1. The molecule has 1 saturated carbocycles. The van der Waals surface area contributed by atoms with Gasteiger partial charge in [-0.25, -0.2) is 13.6 Å². The molecule has 2 N–H and O–H groups in total. The minimum atomic E-state index is -2.84. The molecule has 1 aliphatic heterocycles. The van der Waals surface area contributed by atoms with Crippen LogP contribution in [0, 0.1) is 5.92 Å². The molecule has 0 spiro atoms. The lowest BCUT2D eigenvalue weighted by Gasteiger charge is -2.37. The Kier molecular flexibility index (Phi) is 4.95. The summed E-state index contributed by atoms with van der Waals surface area (Å²) in [5.74, 6) is -4.79. The molecule has 3 rings (SSSR count). The molecule has 1 heterocycles. The summed E-state index contributed by atoms with van der Waals surface area (Å²) in [6.07, 6.45) is -0.242. The molecular weight excluding hydrogens is 384 g/mol. The van der Waals surface area contributed by atoms with E-state index >= 15 is 0 Å². The van der Waals surface area contributed by atoms with E-state index in [1.807, 2.05) is 0 Å². The Morgan fingerprint density at radius 1 is 1.33 bits per heavy atom. The number of aliphatic carboxylic acids is 1. The van der Waals surface area contributed by atoms with Crippen molar-refractivity contribution >= 4 is 21.9 Å². The zero-order valence-electron chi connectivity index (χ0n) is 13.1. The fourth-order valence-electron chi connectivity index (χ4n) is 3.73. The summed E-state index contributed by atoms with van der Waals surface area (Å²) in [6.45, 7) is 1.27. The van der Waals surface area contributed by atoms with Crippen molar-refractivity contribution in [2.24, 2.45) is 5.92 Å². The molecule has 3 atom stereocenters. The third kappa shape index (κ3) is 3.34. The summed E-state index contributed by atoms with van der Waals surface area (Å²) in [5, 5.41) is 13.2. The molecule has 0 unspecified atom stereocenters. The second-order valence-corrected chi connectivity index (χ2v) is 7.49. The molecule has 1 saturated heterocycles. The first-order chi connectivity index (χ1) is 11.3. The predicted octanol–water partition coefficient (Wildman–Crippen LogP) is 3.54. The van der Waals surface area contributed by atoms with Crippen LogP contribution < -0.4 is 5.32 Å². The Balaban J connectivity index is 2.02. The number of carbonyl (C=O) groups is 1. The van der Waals surface area contributed by atoms with Gasteiger partial charge < -0.3 is 15.2 Å². The van der Waals surface area contributed by atoms with E-state index in [-0.39, 0.29) is 18.9 Å². The highest BCUT2D eigenvalue weighted by Gasteiger charge is 2.56. The fraction of sp³-hybridized carbons (Fsp3) is 0.588. The average Bonchev–Trinajstić information content (AvgIpc) is 3.15. The number of nitrogens with one attached hydrogen (secondary N) is 1. The lowest BCUT2D eigenvalue weighted by Crippen LogP contribution is -2.48. The summed E-state index contributed by atoms with van der Waals surface area (Å²) >= 11 is 3.32. The topological polar surface area (TPSA) is 58.6 Å². The fourth-order valence-corrected chi connectivity index (χ4v) is 4.00. The van der Waals surface area contributed by atoms with Gasteiger partial charge in [0, 0.05) is 29.8 Å². The Labute approximate surface area is 147 Å². The van der Waals surface area contributed by atoms with Crippen LogP contribution in [-0.2, 0) is 15.1 Å². The van der Waals surface area contributed by atoms with Gasteiger partial charge >= 0.3 is 5.97 Å². The van der Waals surface area contributed by atoms with Crippen LogP contribution in [-0.4, -0.2) is 36.2 Å². The number of carboxylic acids is 1. The van der Waals surface area contributed by atoms with Crippen LogP contribution in [0.2, 0.25) is 0 Å². The lowest BCUT2D eigenvalue weighted by atomic mass is 9.79. The Bertz CT molecular complexity index is 604. The van der Waals surface area contributed by atoms with Gasteiger partial charge in [-0.15, -0.1) is 0 Å². The van der Waals surface area contributed by atoms with Gasteiger partial charge in [-0.05, 0) is 37.1 Å². The van der Waals surface area contributed by atoms with Crippen molar-refractivity contribution in [3.8, 4) is 0 Å². The molecule has 132 valence electrons. The van der Waals surface area contributed by atoms with Crippen molar-refractivity contribution in [1.82, 2.24) is 5.32 Å². The van der Waals surface area contributed by atoms with E-state index in [1.54, 1.807) is 24.3 Å². The van der Waals surface area contributed by atoms with E-state index in [9.17, 15) is 18.7 Å². The van der Waals surface area contributed by atoms with Crippen molar-refractivity contribution < 1.29 is 23.4 Å². The molecule has 24 heavy (non-hydrogen) atoms. The number of halogens is 3. The molecule has 0 radical (unpaired) electrons. The van der Waals surface area contributed by atoms with Crippen LogP contribution in [0.3, 0.4) is 0 Å². The second kappa shape index (κ2) is 6.69. The third-order valence-electron chi connectivity index (χ3n) is 4.94. The van der Waals surface area contributed by atoms with Crippen molar-refractivity contribution in [2.45, 2.75) is 43.3 Å². The summed E-state index contributed by atoms with van der Waals surface area (Å²) in [5.41, 5.74) is -1.31. The highest BCUT2D eigenvalue weighted by molar-refractivity contribution is 9.10. The molecule has 0 aromatic heterocycles. The van der Waals surface area contributed by atoms with Crippen LogP contribution in [0.25, 0.3) is 0 Å². The molecule has 2 aliphatic rings. The number of ether oxygens (including phenoxy) is 1. The van der Waals surface area contributed by atoms with E-state index in [0.29, 0.717) is 18.5 Å². The smallest absolute Gasteiger partial charge is 0.340 e. The van der Waals surface area contributed by atoms with Crippen LogP contribution in [0.15, 0.2) is 28.7 Å². The number of hydrogen-bond donors (Lipinski definition) is 2. The van der Waals surface area contributed by atoms with E-state index in [0.717, 1.165) is 11.0 Å². The minimum absolute atomic E-state index is 0.134. The summed E-state index contributed by atoms with van der Waals surface area (Å²) < 4.78 is 34.5. The summed E-state index contributed by atoms with van der Waals surface area (Å²) in [6, 6.07) is 6.74. The molecule has 1 aromatic carbocycles. The molecule has 4 nitrogen and oxygen atoms in total. The SMILES string of the molecule is O=C(O)[C@](O[C@@H]1CCNC1)(c1ccc(Br)cc1)[C@@H]1CCC(F)(F)C1. The lowest BCUT2D eigenvalue weighted by molar-refractivity contribution is -0.188. The Morgan fingerprint density at radius 3 is 2.54 bits per heavy atom. The van der Waals surface area contributed by atoms with Crippen LogP contribution >= 0.6 is 15.9 Å². The van der Waals surface area contributed by atoms with E-state index in [1.165, 1.54) is 0 Å². The maximum atomic E-state index is 13.8. The number of rotatable bonds is 5. The van der Waals surface area contributed by atoms with Crippen LogP contribution in [0.5, 0.6) is 0 Å². The number of hydrogen-bond acceptors (Lipinski definition) is 3. The predicted molar refractivity (Wildman–Crippen MR) is 88.1 cm³/mol. The summed E-state index contributed by atoms with van der Waals surface area (Å²) in [7, 11) is 0. The zero-order valence-corrected chi connectivity index (χ0v) is 14.7. The van der Waals surface area contributed by atoms with E-state index in [2.05, 4.69) is 21.2 Å². The maximum absolute atomic E-state index is 13.8. The van der Waals surface area contributed by atoms with Crippen LogP contribution in [0.1, 0.15) is 31.2 Å². The standard InChI is InChI=1S/C17H20BrF2NO3/c18-13-3-1-11(2-4-13)17(15(22)23,24-14-6-8-21-10-14)12-5-7-16(19,20)9-12/h1-4,12,14,21H,5-10H2,(H,22,23)/t12-,14-,17+/m1/s1. The Morgan fingerprint density at radius 2 is 2.04 bits per heavy atom. The van der Waals surface area contributed by atoms with Gasteiger partial charge in [0.05, 0.1) is 6.10 Å². The van der Waals surface area contributed by atoms with Gasteiger partial charge in [-0.2, -0.15) is 0 Å². The average molecular weight is 404 g/mol. The van der Waals surface area contributed by atoms with Crippen molar-refractivity contribution in [1.29, 1.82) is 0 Å². The zero-order chi connectivity index (χ0) is 17.4. The second-order valence-electron chi connectivity index (χ2n) is 6.58. The van der Waals surface area contributed by atoms with Gasteiger partial charge in [0.2, 0.25) is 5.92 Å². The third-order valence-corrected chi connectivity index (χ3v) is 5.47. The van der Waals surface area contributed by atoms with E-state index in [4.69, 9.17) is 4.74 Å². The van der Waals surface area contributed by atoms with Gasteiger partial charge in [-0.3, -0.25) is 0 Å².